The predicted molar refractivity (Wildman–Crippen MR) is 119 cm³/mol. The van der Waals surface area contributed by atoms with Crippen molar-refractivity contribution in [3.63, 3.8) is 0 Å². The van der Waals surface area contributed by atoms with E-state index >= 15 is 0 Å². The molecule has 0 aliphatic carbocycles. The summed E-state index contributed by atoms with van der Waals surface area (Å²) in [6.45, 7) is 9.97. The molecule has 0 bridgehead atoms. The molecule has 1 unspecified atom stereocenters. The van der Waals surface area contributed by atoms with Gasteiger partial charge in [0.1, 0.15) is 18.5 Å². The number of hydrogen-bond acceptors (Lipinski definition) is 7. The lowest BCUT2D eigenvalue weighted by atomic mass is 10.0. The molecule has 2 aromatic heterocycles. The van der Waals surface area contributed by atoms with Crippen LogP contribution in [0.25, 0.3) is 22.8 Å². The van der Waals surface area contributed by atoms with Crippen LogP contribution in [-0.2, 0) is 12.8 Å². The van der Waals surface area contributed by atoms with Crippen molar-refractivity contribution in [3.8, 4) is 28.6 Å². The maximum atomic E-state index is 9.59. The van der Waals surface area contributed by atoms with E-state index in [1.165, 1.54) is 0 Å². The van der Waals surface area contributed by atoms with Gasteiger partial charge in [0.2, 0.25) is 5.82 Å². The summed E-state index contributed by atoms with van der Waals surface area (Å²) >= 11 is 0. The van der Waals surface area contributed by atoms with Crippen LogP contribution in [0.15, 0.2) is 28.8 Å². The summed E-state index contributed by atoms with van der Waals surface area (Å²) in [4.78, 5) is 9.24. The standard InChI is InChI=1S/C24H31N3O4/c1-6-17-10-19(8-15(4)22(17)30-13-21(29)12-28)24-26-23(27-31-24)18-9-16(5)25-20(11-18)7-14(2)3/h8-11,14,21,28-29H,6-7,12-13H2,1-5H3. The van der Waals surface area contributed by atoms with Crippen molar-refractivity contribution in [3.05, 3.63) is 46.8 Å². The minimum absolute atomic E-state index is 0.0362. The summed E-state index contributed by atoms with van der Waals surface area (Å²) in [5, 5.41) is 22.8. The van der Waals surface area contributed by atoms with Crippen LogP contribution >= 0.6 is 0 Å². The molecule has 2 N–H and O–H groups in total. The molecule has 7 heteroatoms. The Balaban J connectivity index is 1.90. The van der Waals surface area contributed by atoms with Crippen molar-refractivity contribution in [1.29, 1.82) is 0 Å². The first-order valence-electron chi connectivity index (χ1n) is 10.7. The normalized spacial score (nSPS) is 12.4. The SMILES string of the molecule is CCc1cc(-c2nc(-c3cc(C)nc(CC(C)C)c3)no2)cc(C)c1OCC(O)CO. The van der Waals surface area contributed by atoms with E-state index < -0.39 is 6.10 Å². The van der Waals surface area contributed by atoms with Crippen molar-refractivity contribution in [2.24, 2.45) is 5.92 Å². The molecule has 1 atom stereocenters. The quantitative estimate of drug-likeness (QED) is 0.536. The molecule has 0 amide bonds. The van der Waals surface area contributed by atoms with E-state index in [0.29, 0.717) is 23.4 Å². The average Bonchev–Trinajstić information content (AvgIpc) is 3.21. The first-order chi connectivity index (χ1) is 14.8. The topological polar surface area (TPSA) is 102 Å². The molecule has 3 aromatic rings. The van der Waals surface area contributed by atoms with Gasteiger partial charge in [-0.25, -0.2) is 0 Å². The number of benzene rings is 1. The number of hydrogen-bond donors (Lipinski definition) is 2. The molecule has 0 spiro atoms. The van der Waals surface area contributed by atoms with Gasteiger partial charge in [0, 0.05) is 22.5 Å². The van der Waals surface area contributed by atoms with Gasteiger partial charge in [0.15, 0.2) is 0 Å². The number of ether oxygens (including phenoxy) is 1. The van der Waals surface area contributed by atoms with Gasteiger partial charge >= 0.3 is 0 Å². The van der Waals surface area contributed by atoms with Crippen LogP contribution in [0, 0.1) is 19.8 Å². The van der Waals surface area contributed by atoms with Gasteiger partial charge in [-0.15, -0.1) is 0 Å². The lowest BCUT2D eigenvalue weighted by Gasteiger charge is -2.16. The van der Waals surface area contributed by atoms with E-state index in [1.54, 1.807) is 0 Å². The fourth-order valence-corrected chi connectivity index (χ4v) is 3.52. The minimum Gasteiger partial charge on any atom is -0.490 e. The summed E-state index contributed by atoms with van der Waals surface area (Å²) < 4.78 is 11.3. The number of aryl methyl sites for hydroxylation is 3. The van der Waals surface area contributed by atoms with E-state index in [-0.39, 0.29) is 13.2 Å². The van der Waals surface area contributed by atoms with E-state index in [9.17, 15) is 5.11 Å². The van der Waals surface area contributed by atoms with Crippen LogP contribution in [0.4, 0.5) is 0 Å². The lowest BCUT2D eigenvalue weighted by Crippen LogP contribution is -2.22. The summed E-state index contributed by atoms with van der Waals surface area (Å²) in [6.07, 6.45) is 0.722. The van der Waals surface area contributed by atoms with Gasteiger partial charge in [0.05, 0.1) is 6.61 Å². The molecule has 1 aromatic carbocycles. The highest BCUT2D eigenvalue weighted by atomic mass is 16.5. The Morgan fingerprint density at radius 1 is 1.06 bits per heavy atom. The Labute approximate surface area is 183 Å². The third-order valence-electron chi connectivity index (χ3n) is 4.92. The highest BCUT2D eigenvalue weighted by Crippen LogP contribution is 2.31. The van der Waals surface area contributed by atoms with Crippen LogP contribution in [0.2, 0.25) is 0 Å². The van der Waals surface area contributed by atoms with Crippen LogP contribution in [-0.4, -0.2) is 44.7 Å². The monoisotopic (exact) mass is 425 g/mol. The molecular formula is C24H31N3O4. The largest absolute Gasteiger partial charge is 0.490 e. The van der Waals surface area contributed by atoms with Crippen molar-refractivity contribution in [1.82, 2.24) is 15.1 Å². The van der Waals surface area contributed by atoms with Gasteiger partial charge < -0.3 is 19.5 Å². The first kappa shape index (κ1) is 22.9. The zero-order chi connectivity index (χ0) is 22.5. The Morgan fingerprint density at radius 3 is 2.52 bits per heavy atom. The molecule has 31 heavy (non-hydrogen) atoms. The fourth-order valence-electron chi connectivity index (χ4n) is 3.52. The second kappa shape index (κ2) is 10.0. The number of aliphatic hydroxyl groups is 2. The van der Waals surface area contributed by atoms with Crippen molar-refractivity contribution < 1.29 is 19.5 Å². The van der Waals surface area contributed by atoms with E-state index in [4.69, 9.17) is 14.4 Å². The Morgan fingerprint density at radius 2 is 1.84 bits per heavy atom. The highest BCUT2D eigenvalue weighted by molar-refractivity contribution is 5.63. The van der Waals surface area contributed by atoms with Crippen LogP contribution < -0.4 is 4.74 Å². The zero-order valence-corrected chi connectivity index (χ0v) is 18.8. The number of rotatable bonds is 9. The summed E-state index contributed by atoms with van der Waals surface area (Å²) in [7, 11) is 0. The fraction of sp³-hybridized carbons (Fsp3) is 0.458. The van der Waals surface area contributed by atoms with Crippen molar-refractivity contribution >= 4 is 0 Å². The number of aliphatic hydroxyl groups excluding tert-OH is 2. The molecule has 0 aliphatic rings. The summed E-state index contributed by atoms with van der Waals surface area (Å²) in [6, 6.07) is 7.88. The highest BCUT2D eigenvalue weighted by Gasteiger charge is 2.17. The number of pyridine rings is 1. The second-order valence-electron chi connectivity index (χ2n) is 8.29. The van der Waals surface area contributed by atoms with Gasteiger partial charge in [-0.3, -0.25) is 4.98 Å². The third-order valence-corrected chi connectivity index (χ3v) is 4.92. The molecule has 0 fully saturated rings. The Bertz CT molecular complexity index is 1030. The predicted octanol–water partition coefficient (Wildman–Crippen LogP) is 3.91. The summed E-state index contributed by atoms with van der Waals surface area (Å²) in [5.41, 5.74) is 5.53. The van der Waals surface area contributed by atoms with E-state index in [0.717, 1.165) is 46.5 Å². The molecule has 2 heterocycles. The molecule has 0 radical (unpaired) electrons. The second-order valence-corrected chi connectivity index (χ2v) is 8.29. The van der Waals surface area contributed by atoms with E-state index in [2.05, 4.69) is 29.0 Å². The molecular weight excluding hydrogens is 394 g/mol. The van der Waals surface area contributed by atoms with Crippen molar-refractivity contribution in [2.45, 2.75) is 53.6 Å². The molecule has 166 valence electrons. The minimum atomic E-state index is -0.910. The lowest BCUT2D eigenvalue weighted by molar-refractivity contribution is 0.0531. The summed E-state index contributed by atoms with van der Waals surface area (Å²) in [5.74, 6) is 2.20. The molecule has 7 nitrogen and oxygen atoms in total. The van der Waals surface area contributed by atoms with Gasteiger partial charge in [-0.05, 0) is 68.0 Å². The van der Waals surface area contributed by atoms with Gasteiger partial charge in [-0.2, -0.15) is 4.98 Å². The number of aromatic nitrogens is 3. The maximum absolute atomic E-state index is 9.59. The molecule has 0 saturated carbocycles. The van der Waals surface area contributed by atoms with Crippen LogP contribution in [0.1, 0.15) is 43.3 Å². The maximum Gasteiger partial charge on any atom is 0.258 e. The smallest absolute Gasteiger partial charge is 0.258 e. The van der Waals surface area contributed by atoms with Gasteiger partial charge in [0.25, 0.3) is 5.89 Å². The average molecular weight is 426 g/mol. The van der Waals surface area contributed by atoms with Crippen LogP contribution in [0.3, 0.4) is 0 Å². The number of nitrogens with zero attached hydrogens (tertiary/aromatic N) is 3. The third kappa shape index (κ3) is 5.68. The van der Waals surface area contributed by atoms with Gasteiger partial charge in [-0.1, -0.05) is 25.9 Å². The van der Waals surface area contributed by atoms with E-state index in [1.807, 2.05) is 45.0 Å². The molecule has 3 rings (SSSR count). The zero-order valence-electron chi connectivity index (χ0n) is 18.8. The Kier molecular flexibility index (Phi) is 7.41. The molecule has 0 saturated heterocycles. The first-order valence-corrected chi connectivity index (χ1v) is 10.7. The van der Waals surface area contributed by atoms with Crippen molar-refractivity contribution in [2.75, 3.05) is 13.2 Å². The van der Waals surface area contributed by atoms with Crippen LogP contribution in [0.5, 0.6) is 5.75 Å². The molecule has 0 aliphatic heterocycles. The Hall–Kier alpha value is -2.77.